The highest BCUT2D eigenvalue weighted by atomic mass is 35.5. The van der Waals surface area contributed by atoms with Gasteiger partial charge in [-0.25, -0.2) is 0 Å². The summed E-state index contributed by atoms with van der Waals surface area (Å²) in [6, 6.07) is 0.146. The van der Waals surface area contributed by atoms with Crippen LogP contribution < -0.4 is 5.32 Å². The number of rotatable bonds is 6. The van der Waals surface area contributed by atoms with Crippen molar-refractivity contribution in [2.45, 2.75) is 58.8 Å². The van der Waals surface area contributed by atoms with Crippen LogP contribution in [0.2, 0.25) is 0 Å². The first-order chi connectivity index (χ1) is 7.71. The molecule has 0 heterocycles. The summed E-state index contributed by atoms with van der Waals surface area (Å²) >= 11 is 0. The molecule has 2 unspecified atom stereocenters. The fourth-order valence-corrected chi connectivity index (χ4v) is 1.85. The van der Waals surface area contributed by atoms with Crippen molar-refractivity contribution in [1.82, 2.24) is 5.32 Å². The molecule has 0 aromatic rings. The highest BCUT2D eigenvalue weighted by molar-refractivity contribution is 5.85. The predicted octanol–water partition coefficient (Wildman–Crippen LogP) is 2.40. The van der Waals surface area contributed by atoms with Gasteiger partial charge in [0, 0.05) is 13.2 Å². The Morgan fingerprint density at radius 3 is 2.06 bits per heavy atom. The molecule has 0 saturated carbocycles. The zero-order valence-corrected chi connectivity index (χ0v) is 13.4. The molecule has 0 rings (SSSR count). The molecule has 0 radical (unpaired) electrons. The largest absolute Gasteiger partial charge is 0.460 e. The van der Waals surface area contributed by atoms with Gasteiger partial charge in [0.25, 0.3) is 0 Å². The van der Waals surface area contributed by atoms with E-state index in [1.807, 2.05) is 27.8 Å². The summed E-state index contributed by atoms with van der Waals surface area (Å²) in [6.07, 6.45) is 0.118. The molecule has 0 aromatic carbocycles. The fourth-order valence-electron chi connectivity index (χ4n) is 1.85. The molecular formula is C13H28ClNO3. The standard InChI is InChI=1S/C13H27NO3.ClH/c1-9(2)12(14-6)10(16-7)8-11(15)17-13(3,4)5;/h9-10,12,14H,8H2,1-7H3;1H. The lowest BCUT2D eigenvalue weighted by Crippen LogP contribution is -2.44. The minimum atomic E-state index is -0.442. The van der Waals surface area contributed by atoms with E-state index in [2.05, 4.69) is 19.2 Å². The van der Waals surface area contributed by atoms with E-state index in [4.69, 9.17) is 9.47 Å². The molecule has 2 atom stereocenters. The van der Waals surface area contributed by atoms with Gasteiger partial charge in [0.05, 0.1) is 12.5 Å². The van der Waals surface area contributed by atoms with Crippen molar-refractivity contribution in [2.75, 3.05) is 14.2 Å². The molecular weight excluding hydrogens is 254 g/mol. The molecule has 0 fully saturated rings. The first kappa shape index (κ1) is 20.0. The van der Waals surface area contributed by atoms with Gasteiger partial charge in [-0.3, -0.25) is 4.79 Å². The predicted molar refractivity (Wildman–Crippen MR) is 76.2 cm³/mol. The Balaban J connectivity index is 0. The zero-order chi connectivity index (χ0) is 13.6. The Bertz CT molecular complexity index is 239. The van der Waals surface area contributed by atoms with Crippen LogP contribution in [0.4, 0.5) is 0 Å². The topological polar surface area (TPSA) is 47.6 Å². The maximum absolute atomic E-state index is 11.7. The van der Waals surface area contributed by atoms with Crippen LogP contribution in [0.25, 0.3) is 0 Å². The van der Waals surface area contributed by atoms with Crippen molar-refractivity contribution < 1.29 is 14.3 Å². The molecule has 0 aromatic heterocycles. The van der Waals surface area contributed by atoms with E-state index < -0.39 is 5.60 Å². The summed E-state index contributed by atoms with van der Waals surface area (Å²) in [4.78, 5) is 11.7. The number of halogens is 1. The molecule has 1 N–H and O–H groups in total. The second-order valence-electron chi connectivity index (χ2n) is 5.62. The van der Waals surface area contributed by atoms with Crippen molar-refractivity contribution >= 4 is 18.4 Å². The average Bonchev–Trinajstić information content (AvgIpc) is 2.13. The van der Waals surface area contributed by atoms with Crippen molar-refractivity contribution in [3.63, 3.8) is 0 Å². The monoisotopic (exact) mass is 281 g/mol. The van der Waals surface area contributed by atoms with Crippen LogP contribution in [0.1, 0.15) is 41.0 Å². The number of carbonyl (C=O) groups excluding carboxylic acids is 1. The number of nitrogens with one attached hydrogen (secondary N) is 1. The highest BCUT2D eigenvalue weighted by Gasteiger charge is 2.27. The van der Waals surface area contributed by atoms with Crippen LogP contribution in [0.3, 0.4) is 0 Å². The number of methoxy groups -OCH3 is 1. The summed E-state index contributed by atoms with van der Waals surface area (Å²) in [6.45, 7) is 9.80. The normalized spacial score (nSPS) is 14.9. The van der Waals surface area contributed by atoms with Gasteiger partial charge in [-0.05, 0) is 33.7 Å². The quantitative estimate of drug-likeness (QED) is 0.760. The van der Waals surface area contributed by atoms with Crippen LogP contribution >= 0.6 is 12.4 Å². The van der Waals surface area contributed by atoms with Gasteiger partial charge in [-0.15, -0.1) is 12.4 Å². The molecule has 0 amide bonds. The van der Waals surface area contributed by atoms with Gasteiger partial charge in [0.1, 0.15) is 5.60 Å². The Labute approximate surface area is 117 Å². The van der Waals surface area contributed by atoms with E-state index in [0.29, 0.717) is 5.92 Å². The Hall–Kier alpha value is -0.320. The molecule has 5 heteroatoms. The van der Waals surface area contributed by atoms with E-state index in [1.54, 1.807) is 7.11 Å². The van der Waals surface area contributed by atoms with E-state index in [9.17, 15) is 4.79 Å². The molecule has 0 aliphatic carbocycles. The molecule has 4 nitrogen and oxygen atoms in total. The highest BCUT2D eigenvalue weighted by Crippen LogP contribution is 2.15. The third kappa shape index (κ3) is 7.90. The van der Waals surface area contributed by atoms with Crippen molar-refractivity contribution in [3.8, 4) is 0 Å². The lowest BCUT2D eigenvalue weighted by Gasteiger charge is -2.29. The summed E-state index contributed by atoms with van der Waals surface area (Å²) < 4.78 is 10.7. The first-order valence-corrected chi connectivity index (χ1v) is 6.13. The van der Waals surface area contributed by atoms with Gasteiger partial charge in [-0.1, -0.05) is 13.8 Å². The van der Waals surface area contributed by atoms with Crippen LogP contribution in [0, 0.1) is 5.92 Å². The average molecular weight is 282 g/mol. The van der Waals surface area contributed by atoms with Gasteiger partial charge in [0.2, 0.25) is 0 Å². The molecule has 110 valence electrons. The zero-order valence-electron chi connectivity index (χ0n) is 12.6. The molecule has 0 spiro atoms. The lowest BCUT2D eigenvalue weighted by molar-refractivity contribution is -0.158. The first-order valence-electron chi connectivity index (χ1n) is 6.13. The van der Waals surface area contributed by atoms with Gasteiger partial charge >= 0.3 is 5.97 Å². The maximum Gasteiger partial charge on any atom is 0.309 e. The van der Waals surface area contributed by atoms with E-state index in [1.165, 1.54) is 0 Å². The third-order valence-corrected chi connectivity index (χ3v) is 2.54. The number of hydrogen-bond donors (Lipinski definition) is 1. The van der Waals surface area contributed by atoms with Crippen LogP contribution in [0.15, 0.2) is 0 Å². The maximum atomic E-state index is 11.7. The van der Waals surface area contributed by atoms with Gasteiger partial charge in [0.15, 0.2) is 0 Å². The van der Waals surface area contributed by atoms with Crippen LogP contribution in [0.5, 0.6) is 0 Å². The minimum Gasteiger partial charge on any atom is -0.460 e. The number of hydrogen-bond acceptors (Lipinski definition) is 4. The summed E-state index contributed by atoms with van der Waals surface area (Å²) in [7, 11) is 3.51. The SMILES string of the molecule is CNC(C(C)C)C(CC(=O)OC(C)(C)C)OC.Cl. The van der Waals surface area contributed by atoms with Crippen molar-refractivity contribution in [2.24, 2.45) is 5.92 Å². The van der Waals surface area contributed by atoms with E-state index in [0.717, 1.165) is 0 Å². The van der Waals surface area contributed by atoms with Crippen molar-refractivity contribution in [1.29, 1.82) is 0 Å². The van der Waals surface area contributed by atoms with Crippen molar-refractivity contribution in [3.05, 3.63) is 0 Å². The summed E-state index contributed by atoms with van der Waals surface area (Å²) in [5.74, 6) is 0.178. The number of carbonyl (C=O) groups is 1. The fraction of sp³-hybridized carbons (Fsp3) is 0.923. The van der Waals surface area contributed by atoms with Crippen LogP contribution in [-0.2, 0) is 14.3 Å². The van der Waals surface area contributed by atoms with Gasteiger partial charge in [-0.2, -0.15) is 0 Å². The van der Waals surface area contributed by atoms with E-state index >= 15 is 0 Å². The molecule has 0 aliphatic rings. The molecule has 0 aliphatic heterocycles. The molecule has 0 bridgehead atoms. The Morgan fingerprint density at radius 2 is 1.78 bits per heavy atom. The summed E-state index contributed by atoms with van der Waals surface area (Å²) in [5.41, 5.74) is -0.442. The molecule has 0 saturated heterocycles. The second-order valence-corrected chi connectivity index (χ2v) is 5.62. The third-order valence-electron chi connectivity index (χ3n) is 2.54. The number of ether oxygens (including phenoxy) is 2. The molecule has 18 heavy (non-hydrogen) atoms. The second kappa shape index (κ2) is 8.73. The van der Waals surface area contributed by atoms with Gasteiger partial charge < -0.3 is 14.8 Å². The minimum absolute atomic E-state index is 0. The Morgan fingerprint density at radius 1 is 1.28 bits per heavy atom. The number of esters is 1. The van der Waals surface area contributed by atoms with Crippen LogP contribution in [-0.4, -0.2) is 37.9 Å². The summed E-state index contributed by atoms with van der Waals surface area (Å²) in [5, 5.41) is 3.19. The number of likely N-dealkylation sites (N-methyl/N-ethyl adjacent to an activating group) is 1. The smallest absolute Gasteiger partial charge is 0.309 e. The van der Waals surface area contributed by atoms with E-state index in [-0.39, 0.29) is 36.9 Å². The Kier molecular flexibility index (Phi) is 9.70. The lowest BCUT2D eigenvalue weighted by atomic mass is 9.96.